The molecule has 152 valence electrons. The number of nitrogens with zero attached hydrogens (tertiary/aromatic N) is 3. The summed E-state index contributed by atoms with van der Waals surface area (Å²) in [4.78, 5) is 19.2. The first kappa shape index (κ1) is 19.4. The van der Waals surface area contributed by atoms with Crippen LogP contribution >= 0.6 is 0 Å². The van der Waals surface area contributed by atoms with Crippen LogP contribution in [0.15, 0.2) is 24.5 Å². The van der Waals surface area contributed by atoms with Crippen molar-refractivity contribution in [2.45, 2.75) is 52.7 Å². The zero-order chi connectivity index (χ0) is 20.2. The van der Waals surface area contributed by atoms with E-state index >= 15 is 0 Å². The maximum absolute atomic E-state index is 12.8. The Labute approximate surface area is 165 Å². The van der Waals surface area contributed by atoms with Gasteiger partial charge in [0.2, 0.25) is 12.3 Å². The highest BCUT2D eigenvalue weighted by molar-refractivity contribution is 5.83. The van der Waals surface area contributed by atoms with E-state index < -0.39 is 12.0 Å². The van der Waals surface area contributed by atoms with Gasteiger partial charge in [0.05, 0.1) is 23.4 Å². The second kappa shape index (κ2) is 6.83. The number of likely N-dealkylation sites (tertiary alicyclic amines) is 1. The predicted molar refractivity (Wildman–Crippen MR) is 105 cm³/mol. The lowest BCUT2D eigenvalue weighted by molar-refractivity contribution is -0.236. The fourth-order valence-corrected chi connectivity index (χ4v) is 4.40. The number of nitrogens with one attached hydrogen (secondary N) is 1. The van der Waals surface area contributed by atoms with Crippen molar-refractivity contribution in [3.63, 3.8) is 0 Å². The molecule has 5 atom stereocenters. The molecular formula is C21H30N4O3. The lowest BCUT2D eigenvalue weighted by atomic mass is 10.2. The van der Waals surface area contributed by atoms with E-state index in [1.807, 2.05) is 55.5 Å². The molecule has 2 aliphatic rings. The van der Waals surface area contributed by atoms with Gasteiger partial charge in [-0.05, 0) is 58.1 Å². The number of piperidine rings is 1. The topological polar surface area (TPSA) is 79.1 Å². The number of carbonyl (C=O) groups excluding carboxylic acids is 1. The molecule has 0 radical (unpaired) electrons. The number of aliphatic hydroxyl groups excluding tert-OH is 1. The van der Waals surface area contributed by atoms with Crippen molar-refractivity contribution in [3.8, 4) is 0 Å². The van der Waals surface area contributed by atoms with Crippen LogP contribution in [0.25, 0.3) is 5.52 Å². The molecule has 0 aromatic carbocycles. The van der Waals surface area contributed by atoms with Gasteiger partial charge in [-0.25, -0.2) is 4.98 Å². The zero-order valence-corrected chi connectivity index (χ0v) is 17.2. The van der Waals surface area contributed by atoms with Crippen LogP contribution in [0.4, 0.5) is 0 Å². The molecule has 2 fully saturated rings. The molecule has 7 heteroatoms. The van der Waals surface area contributed by atoms with E-state index in [1.54, 1.807) is 0 Å². The highest BCUT2D eigenvalue weighted by Crippen LogP contribution is 2.52. The van der Waals surface area contributed by atoms with Crippen molar-refractivity contribution < 1.29 is 14.6 Å². The number of fused-ring (bicyclic) bond motifs is 2. The van der Waals surface area contributed by atoms with Crippen LogP contribution < -0.4 is 5.32 Å². The molecule has 1 aliphatic heterocycles. The average molecular weight is 386 g/mol. The van der Waals surface area contributed by atoms with Crippen molar-refractivity contribution >= 4 is 11.4 Å². The summed E-state index contributed by atoms with van der Waals surface area (Å²) in [6.45, 7) is 11.2. The molecule has 7 nitrogen and oxygen atoms in total. The SMILES string of the molecule is Cc1cccn2c([C@H](C)NC(=O)C3[C@H]4CN(C(O)OC(C)(C)C)C[C@@H]34)ncc12. The summed E-state index contributed by atoms with van der Waals surface area (Å²) < 4.78 is 7.66. The third-order valence-corrected chi connectivity index (χ3v) is 5.85. The summed E-state index contributed by atoms with van der Waals surface area (Å²) in [5, 5.41) is 13.4. The van der Waals surface area contributed by atoms with Crippen LogP contribution in [0.2, 0.25) is 0 Å². The summed E-state index contributed by atoms with van der Waals surface area (Å²) in [5.41, 5.74) is 1.82. The fourth-order valence-electron chi connectivity index (χ4n) is 4.40. The first-order valence-electron chi connectivity index (χ1n) is 9.98. The molecule has 2 aromatic rings. The van der Waals surface area contributed by atoms with Crippen molar-refractivity contribution in [2.75, 3.05) is 13.1 Å². The second-order valence-electron chi connectivity index (χ2n) is 9.16. The van der Waals surface area contributed by atoms with Crippen molar-refractivity contribution in [1.29, 1.82) is 0 Å². The van der Waals surface area contributed by atoms with Crippen LogP contribution in [0.3, 0.4) is 0 Å². The van der Waals surface area contributed by atoms with Gasteiger partial charge >= 0.3 is 0 Å². The van der Waals surface area contributed by atoms with Gasteiger partial charge in [-0.15, -0.1) is 0 Å². The van der Waals surface area contributed by atoms with Gasteiger partial charge in [-0.2, -0.15) is 0 Å². The number of imidazole rings is 1. The Morgan fingerprint density at radius 1 is 1.36 bits per heavy atom. The van der Waals surface area contributed by atoms with Gasteiger partial charge in [0, 0.05) is 25.2 Å². The molecule has 28 heavy (non-hydrogen) atoms. The number of pyridine rings is 1. The van der Waals surface area contributed by atoms with Crippen LogP contribution in [0, 0.1) is 24.7 Å². The Bertz CT molecular complexity index is 875. The van der Waals surface area contributed by atoms with Crippen molar-refractivity contribution in [1.82, 2.24) is 19.6 Å². The van der Waals surface area contributed by atoms with Crippen LogP contribution in [0.5, 0.6) is 0 Å². The fraction of sp³-hybridized carbons (Fsp3) is 0.619. The van der Waals surface area contributed by atoms with Crippen molar-refractivity contribution in [3.05, 3.63) is 35.9 Å². The van der Waals surface area contributed by atoms with Gasteiger partial charge < -0.3 is 19.6 Å². The number of carbonyl (C=O) groups is 1. The number of aliphatic hydroxyl groups is 1. The summed E-state index contributed by atoms with van der Waals surface area (Å²) in [7, 11) is 0. The van der Waals surface area contributed by atoms with E-state index in [0.29, 0.717) is 24.9 Å². The van der Waals surface area contributed by atoms with E-state index in [0.717, 1.165) is 16.9 Å². The third kappa shape index (κ3) is 3.54. The minimum atomic E-state index is -0.907. The van der Waals surface area contributed by atoms with Gasteiger partial charge in [0.15, 0.2) is 0 Å². The Hall–Kier alpha value is -1.96. The molecule has 1 aliphatic carbocycles. The molecule has 1 saturated heterocycles. The van der Waals surface area contributed by atoms with Gasteiger partial charge in [0.1, 0.15) is 5.82 Å². The average Bonchev–Trinajstić information content (AvgIpc) is 2.96. The second-order valence-corrected chi connectivity index (χ2v) is 9.16. The Morgan fingerprint density at radius 3 is 2.68 bits per heavy atom. The third-order valence-electron chi connectivity index (χ3n) is 5.85. The maximum Gasteiger partial charge on any atom is 0.224 e. The number of ether oxygens (including phenoxy) is 1. The van der Waals surface area contributed by atoms with E-state index in [-0.39, 0.29) is 17.9 Å². The number of amides is 1. The molecule has 0 spiro atoms. The predicted octanol–water partition coefficient (Wildman–Crippen LogP) is 2.09. The Morgan fingerprint density at radius 2 is 2.04 bits per heavy atom. The number of rotatable bonds is 5. The molecule has 0 bridgehead atoms. The Balaban J connectivity index is 1.34. The summed E-state index contributed by atoms with van der Waals surface area (Å²) in [6, 6.07) is 3.88. The monoisotopic (exact) mass is 386 g/mol. The number of aryl methyl sites for hydroxylation is 1. The molecule has 3 heterocycles. The summed E-state index contributed by atoms with van der Waals surface area (Å²) >= 11 is 0. The van der Waals surface area contributed by atoms with E-state index in [1.165, 1.54) is 0 Å². The lowest BCUT2D eigenvalue weighted by Gasteiger charge is -2.31. The normalized spacial score (nSPS) is 26.9. The largest absolute Gasteiger partial charge is 0.356 e. The summed E-state index contributed by atoms with van der Waals surface area (Å²) in [6.07, 6.45) is 2.93. The molecule has 2 N–H and O–H groups in total. The molecule has 1 saturated carbocycles. The van der Waals surface area contributed by atoms with Crippen LogP contribution in [-0.2, 0) is 9.53 Å². The Kier molecular flexibility index (Phi) is 4.72. The summed E-state index contributed by atoms with van der Waals surface area (Å²) in [5.74, 6) is 1.54. The first-order valence-corrected chi connectivity index (χ1v) is 9.98. The molecule has 2 unspecified atom stereocenters. The maximum atomic E-state index is 12.8. The molecule has 2 aromatic heterocycles. The minimum absolute atomic E-state index is 0.0218. The molecule has 4 rings (SSSR count). The molecular weight excluding hydrogens is 356 g/mol. The standard InChI is InChI=1S/C21H30N4O3/c1-12-7-6-8-25-16(12)9-22-18(25)13(2)23-19(26)17-14-10-24(11-15(14)17)20(27)28-21(3,4)5/h6-9,13-15,17,20,27H,10-11H2,1-5H3,(H,23,26)/t13-,14-,15+,17?,20?/m0/s1. The highest BCUT2D eigenvalue weighted by atomic mass is 16.6. The van der Waals surface area contributed by atoms with E-state index in [4.69, 9.17) is 4.74 Å². The first-order chi connectivity index (χ1) is 13.2. The van der Waals surface area contributed by atoms with Gasteiger partial charge in [-0.3, -0.25) is 9.69 Å². The van der Waals surface area contributed by atoms with Gasteiger partial charge in [-0.1, -0.05) is 6.07 Å². The highest BCUT2D eigenvalue weighted by Gasteiger charge is 2.60. The quantitative estimate of drug-likeness (QED) is 0.770. The number of aromatic nitrogens is 2. The van der Waals surface area contributed by atoms with Crippen molar-refractivity contribution in [2.24, 2.45) is 17.8 Å². The van der Waals surface area contributed by atoms with Gasteiger partial charge in [0.25, 0.3) is 0 Å². The van der Waals surface area contributed by atoms with Crippen LogP contribution in [0.1, 0.15) is 45.1 Å². The number of hydrogen-bond donors (Lipinski definition) is 2. The van der Waals surface area contributed by atoms with Crippen LogP contribution in [-0.4, -0.2) is 50.4 Å². The van der Waals surface area contributed by atoms with E-state index in [2.05, 4.69) is 23.3 Å². The smallest absolute Gasteiger partial charge is 0.224 e. The lowest BCUT2D eigenvalue weighted by Crippen LogP contribution is -2.43. The number of hydrogen-bond acceptors (Lipinski definition) is 5. The molecule has 1 amide bonds. The van der Waals surface area contributed by atoms with E-state index in [9.17, 15) is 9.90 Å². The zero-order valence-electron chi connectivity index (χ0n) is 17.2. The minimum Gasteiger partial charge on any atom is -0.356 e.